The number of benzene rings is 1. The maximum atomic E-state index is 14.6. The molecule has 160 valence electrons. The zero-order valence-corrected chi connectivity index (χ0v) is 17.3. The first kappa shape index (κ1) is 20.4. The molecule has 4 rings (SSSR count). The first-order valence-corrected chi connectivity index (χ1v) is 9.88. The summed E-state index contributed by atoms with van der Waals surface area (Å²) in [4.78, 5) is 25.1. The minimum atomic E-state index is -2.89. The van der Waals surface area contributed by atoms with Crippen molar-refractivity contribution in [1.29, 1.82) is 0 Å². The smallest absolute Gasteiger partial charge is 0.326 e. The quantitative estimate of drug-likeness (QED) is 0.744. The number of nitrogens with one attached hydrogen (secondary N) is 1. The van der Waals surface area contributed by atoms with Crippen LogP contribution in [0.1, 0.15) is 61.7 Å². The molecule has 30 heavy (non-hydrogen) atoms. The molecule has 2 amide bonds. The van der Waals surface area contributed by atoms with Crippen molar-refractivity contribution >= 4 is 17.7 Å². The second kappa shape index (κ2) is 7.14. The Morgan fingerprint density at radius 1 is 1.20 bits per heavy atom. The number of amides is 2. The first-order chi connectivity index (χ1) is 14.1. The third kappa shape index (κ3) is 3.36. The van der Waals surface area contributed by atoms with E-state index in [4.69, 9.17) is 0 Å². The Labute approximate surface area is 173 Å². The first-order valence-electron chi connectivity index (χ1n) is 9.88. The Bertz CT molecular complexity index is 1010. The lowest BCUT2D eigenvalue weighted by Crippen LogP contribution is -2.50. The molecule has 0 saturated heterocycles. The summed E-state index contributed by atoms with van der Waals surface area (Å²) in [7, 11) is 1.67. The van der Waals surface area contributed by atoms with Gasteiger partial charge in [0.15, 0.2) is 0 Å². The molecular formula is C21H24F3N5O. The SMILES string of the molecule is Cc1nc(N[C@H](C)c2cccc(C(F)F)c2F)c2c(n1)N(C)C(=O)N(C1(C)CC1)C2. The summed E-state index contributed by atoms with van der Waals surface area (Å²) in [5.41, 5.74) is 0.0477. The summed E-state index contributed by atoms with van der Waals surface area (Å²) in [6.07, 6.45) is -1.03. The molecule has 0 radical (unpaired) electrons. The number of aryl methyl sites for hydroxylation is 1. The van der Waals surface area contributed by atoms with E-state index in [0.29, 0.717) is 24.0 Å². The Morgan fingerprint density at radius 3 is 2.50 bits per heavy atom. The van der Waals surface area contributed by atoms with Crippen molar-refractivity contribution in [1.82, 2.24) is 14.9 Å². The molecule has 2 aliphatic rings. The number of fused-ring (bicyclic) bond motifs is 1. The Balaban J connectivity index is 1.70. The predicted molar refractivity (Wildman–Crippen MR) is 107 cm³/mol. The van der Waals surface area contributed by atoms with E-state index in [0.717, 1.165) is 24.5 Å². The molecule has 2 heterocycles. The average molecular weight is 419 g/mol. The number of alkyl halides is 2. The van der Waals surface area contributed by atoms with Gasteiger partial charge in [-0.2, -0.15) is 0 Å². The number of rotatable bonds is 5. The van der Waals surface area contributed by atoms with Crippen molar-refractivity contribution in [2.45, 2.75) is 58.2 Å². The zero-order chi connectivity index (χ0) is 21.8. The second-order valence-corrected chi connectivity index (χ2v) is 8.26. The molecule has 1 atom stereocenters. The van der Waals surface area contributed by atoms with Crippen molar-refractivity contribution in [3.63, 3.8) is 0 Å². The van der Waals surface area contributed by atoms with Gasteiger partial charge in [-0.3, -0.25) is 4.90 Å². The number of anilines is 2. The van der Waals surface area contributed by atoms with Crippen LogP contribution in [0.5, 0.6) is 0 Å². The Kier molecular flexibility index (Phi) is 4.86. The van der Waals surface area contributed by atoms with E-state index in [9.17, 15) is 18.0 Å². The number of aromatic nitrogens is 2. The van der Waals surface area contributed by atoms with Crippen LogP contribution in [0.25, 0.3) is 0 Å². The van der Waals surface area contributed by atoms with E-state index in [1.165, 1.54) is 17.0 Å². The third-order valence-corrected chi connectivity index (χ3v) is 5.99. The van der Waals surface area contributed by atoms with E-state index >= 15 is 0 Å². The molecule has 1 fully saturated rings. The van der Waals surface area contributed by atoms with Crippen LogP contribution in [-0.2, 0) is 6.54 Å². The van der Waals surface area contributed by atoms with E-state index in [2.05, 4.69) is 15.3 Å². The van der Waals surface area contributed by atoms with E-state index in [1.807, 2.05) is 11.8 Å². The third-order valence-electron chi connectivity index (χ3n) is 5.99. The summed E-state index contributed by atoms with van der Waals surface area (Å²) in [5.74, 6) is 0.507. The predicted octanol–water partition coefficient (Wildman–Crippen LogP) is 4.96. The summed E-state index contributed by atoms with van der Waals surface area (Å²) >= 11 is 0. The van der Waals surface area contributed by atoms with Crippen LogP contribution >= 0.6 is 0 Å². The molecule has 1 aromatic heterocycles. The Morgan fingerprint density at radius 2 is 1.87 bits per heavy atom. The number of nitrogens with zero attached hydrogens (tertiary/aromatic N) is 4. The summed E-state index contributed by atoms with van der Waals surface area (Å²) in [5, 5.41) is 3.16. The van der Waals surface area contributed by atoms with Gasteiger partial charge in [-0.25, -0.2) is 27.9 Å². The van der Waals surface area contributed by atoms with Crippen molar-refractivity contribution in [2.75, 3.05) is 17.3 Å². The van der Waals surface area contributed by atoms with Gasteiger partial charge in [0, 0.05) is 18.2 Å². The maximum Gasteiger partial charge on any atom is 0.326 e. The summed E-state index contributed by atoms with van der Waals surface area (Å²) in [6.45, 7) is 5.78. The van der Waals surface area contributed by atoms with E-state index < -0.39 is 23.8 Å². The highest BCUT2D eigenvalue weighted by Crippen LogP contribution is 2.45. The molecule has 6 nitrogen and oxygen atoms in total. The lowest BCUT2D eigenvalue weighted by Gasteiger charge is -2.39. The largest absolute Gasteiger partial charge is 0.363 e. The number of halogens is 3. The number of carbonyl (C=O) groups excluding carboxylic acids is 1. The summed E-state index contributed by atoms with van der Waals surface area (Å²) in [6, 6.07) is 3.25. The minimum absolute atomic E-state index is 0.115. The van der Waals surface area contributed by atoms with Crippen LogP contribution in [0.3, 0.4) is 0 Å². The fraction of sp³-hybridized carbons (Fsp3) is 0.476. The van der Waals surface area contributed by atoms with Gasteiger partial charge in [0.2, 0.25) is 0 Å². The van der Waals surface area contributed by atoms with Gasteiger partial charge in [0.05, 0.1) is 23.7 Å². The fourth-order valence-corrected chi connectivity index (χ4v) is 3.85. The van der Waals surface area contributed by atoms with Crippen molar-refractivity contribution < 1.29 is 18.0 Å². The number of hydrogen-bond acceptors (Lipinski definition) is 4. The molecule has 0 spiro atoms. The molecule has 1 N–H and O–H groups in total. The molecule has 1 aliphatic carbocycles. The van der Waals surface area contributed by atoms with Crippen LogP contribution in [-0.4, -0.2) is 33.5 Å². The van der Waals surface area contributed by atoms with Crippen molar-refractivity contribution in [2.24, 2.45) is 0 Å². The van der Waals surface area contributed by atoms with E-state index in [-0.39, 0.29) is 17.1 Å². The Hall–Kier alpha value is -2.84. The maximum absolute atomic E-state index is 14.6. The molecule has 0 unspecified atom stereocenters. The minimum Gasteiger partial charge on any atom is -0.363 e. The normalized spacial score (nSPS) is 18.5. The van der Waals surface area contributed by atoms with Crippen molar-refractivity contribution in [3.8, 4) is 0 Å². The number of carbonyl (C=O) groups is 1. The van der Waals surface area contributed by atoms with Gasteiger partial charge in [-0.05, 0) is 33.6 Å². The molecular weight excluding hydrogens is 395 g/mol. The molecule has 0 bridgehead atoms. The van der Waals surface area contributed by atoms with Crippen LogP contribution in [0.4, 0.5) is 29.6 Å². The monoisotopic (exact) mass is 419 g/mol. The van der Waals surface area contributed by atoms with Gasteiger partial charge in [-0.1, -0.05) is 18.2 Å². The highest BCUT2D eigenvalue weighted by Gasteiger charge is 2.49. The lowest BCUT2D eigenvalue weighted by atomic mass is 10.0. The van der Waals surface area contributed by atoms with E-state index in [1.54, 1.807) is 20.9 Å². The van der Waals surface area contributed by atoms with Crippen molar-refractivity contribution in [3.05, 3.63) is 46.5 Å². The lowest BCUT2D eigenvalue weighted by molar-refractivity contribution is 0.146. The van der Waals surface area contributed by atoms with Gasteiger partial charge in [0.1, 0.15) is 23.3 Å². The topological polar surface area (TPSA) is 61.4 Å². The standard InChI is InChI=1S/C21H24F3N5O/c1-11(13-6-5-7-14(16(13)22)17(23)24)25-18-15-10-29(21(3)8-9-21)20(30)28(4)19(15)27-12(2)26-18/h5-7,11,17H,8-10H2,1-4H3,(H,25,26,27)/t11-/m1/s1. The second-order valence-electron chi connectivity index (χ2n) is 8.26. The van der Waals surface area contributed by atoms with Crippen LogP contribution < -0.4 is 10.2 Å². The molecule has 1 saturated carbocycles. The zero-order valence-electron chi connectivity index (χ0n) is 17.3. The molecule has 2 aromatic rings. The number of hydrogen-bond donors (Lipinski definition) is 1. The van der Waals surface area contributed by atoms with Crippen LogP contribution in [0.2, 0.25) is 0 Å². The van der Waals surface area contributed by atoms with Crippen LogP contribution in [0, 0.1) is 12.7 Å². The highest BCUT2D eigenvalue weighted by atomic mass is 19.3. The fourth-order valence-electron chi connectivity index (χ4n) is 3.85. The molecule has 1 aliphatic heterocycles. The molecule has 1 aromatic carbocycles. The van der Waals surface area contributed by atoms with Gasteiger partial charge in [-0.15, -0.1) is 0 Å². The highest BCUT2D eigenvalue weighted by molar-refractivity contribution is 5.95. The van der Waals surface area contributed by atoms with Gasteiger partial charge >= 0.3 is 6.03 Å². The van der Waals surface area contributed by atoms with Gasteiger partial charge in [0.25, 0.3) is 6.43 Å². The molecule has 9 heteroatoms. The summed E-state index contributed by atoms with van der Waals surface area (Å²) < 4.78 is 40.8. The average Bonchev–Trinajstić information content (AvgIpc) is 3.43. The number of urea groups is 1. The van der Waals surface area contributed by atoms with Crippen LogP contribution in [0.15, 0.2) is 18.2 Å². The van der Waals surface area contributed by atoms with Gasteiger partial charge < -0.3 is 10.2 Å².